The van der Waals surface area contributed by atoms with Gasteiger partial charge in [-0.3, -0.25) is 4.79 Å². The van der Waals surface area contributed by atoms with Crippen molar-refractivity contribution < 1.29 is 4.79 Å². The fraction of sp³-hybridized carbons (Fsp3) is 0.364. The molecule has 0 fully saturated rings. The molecular weight excluding hydrogens is 194 g/mol. The highest BCUT2D eigenvalue weighted by Crippen LogP contribution is 2.14. The standard InChI is InChI=1S/C11H15NOS/c1-3-4-5-7-12-11(13)10-9(2)6-8-14-10/h3-4,6,8H,5,7H2,1-2H3,(H,12,13)/b4-3+. The van der Waals surface area contributed by atoms with Crippen LogP contribution in [0.1, 0.15) is 28.6 Å². The third-order valence-corrected chi connectivity index (χ3v) is 2.92. The summed E-state index contributed by atoms with van der Waals surface area (Å²) in [4.78, 5) is 12.4. The zero-order valence-electron chi connectivity index (χ0n) is 8.54. The molecule has 0 saturated heterocycles. The number of hydrogen-bond acceptors (Lipinski definition) is 2. The molecule has 0 saturated carbocycles. The number of rotatable bonds is 4. The average molecular weight is 209 g/mol. The number of nitrogens with one attached hydrogen (secondary N) is 1. The van der Waals surface area contributed by atoms with Crippen LogP contribution in [0.5, 0.6) is 0 Å². The molecule has 0 aliphatic rings. The van der Waals surface area contributed by atoms with Crippen LogP contribution in [0.2, 0.25) is 0 Å². The first kappa shape index (κ1) is 11.0. The van der Waals surface area contributed by atoms with E-state index in [0.717, 1.165) is 16.9 Å². The number of hydrogen-bond donors (Lipinski definition) is 1. The normalized spacial score (nSPS) is 10.7. The Labute approximate surface area is 88.6 Å². The minimum atomic E-state index is 0.0435. The Balaban J connectivity index is 2.40. The van der Waals surface area contributed by atoms with E-state index in [4.69, 9.17) is 0 Å². The summed E-state index contributed by atoms with van der Waals surface area (Å²) in [7, 11) is 0. The molecular formula is C11H15NOS. The molecule has 0 aliphatic carbocycles. The van der Waals surface area contributed by atoms with Crippen molar-refractivity contribution >= 4 is 17.2 Å². The van der Waals surface area contributed by atoms with Crippen molar-refractivity contribution in [2.75, 3.05) is 6.54 Å². The third-order valence-electron chi connectivity index (χ3n) is 1.90. The fourth-order valence-electron chi connectivity index (χ4n) is 1.12. The summed E-state index contributed by atoms with van der Waals surface area (Å²) in [6.45, 7) is 4.64. The van der Waals surface area contributed by atoms with Crippen LogP contribution < -0.4 is 5.32 Å². The fourth-order valence-corrected chi connectivity index (χ4v) is 1.96. The molecule has 1 rings (SSSR count). The van der Waals surface area contributed by atoms with E-state index in [1.165, 1.54) is 11.3 Å². The molecule has 3 heteroatoms. The monoisotopic (exact) mass is 209 g/mol. The average Bonchev–Trinajstić information content (AvgIpc) is 2.59. The van der Waals surface area contributed by atoms with Crippen LogP contribution in [0.4, 0.5) is 0 Å². The molecule has 2 nitrogen and oxygen atoms in total. The highest BCUT2D eigenvalue weighted by Gasteiger charge is 2.08. The van der Waals surface area contributed by atoms with Crippen LogP contribution in [0.25, 0.3) is 0 Å². The summed E-state index contributed by atoms with van der Waals surface area (Å²) in [6, 6.07) is 1.96. The van der Waals surface area contributed by atoms with E-state index in [9.17, 15) is 4.79 Å². The second-order valence-electron chi connectivity index (χ2n) is 3.05. The first-order valence-corrected chi connectivity index (χ1v) is 5.57. The van der Waals surface area contributed by atoms with E-state index in [1.807, 2.05) is 37.4 Å². The molecule has 0 radical (unpaired) electrons. The Morgan fingerprint density at radius 1 is 1.64 bits per heavy atom. The minimum Gasteiger partial charge on any atom is -0.351 e. The van der Waals surface area contributed by atoms with Gasteiger partial charge in [-0.25, -0.2) is 0 Å². The molecule has 0 aromatic carbocycles. The summed E-state index contributed by atoms with van der Waals surface area (Å²) in [5.41, 5.74) is 1.05. The smallest absolute Gasteiger partial charge is 0.261 e. The van der Waals surface area contributed by atoms with E-state index < -0.39 is 0 Å². The van der Waals surface area contributed by atoms with Crippen molar-refractivity contribution in [3.63, 3.8) is 0 Å². The molecule has 0 unspecified atom stereocenters. The molecule has 0 atom stereocenters. The molecule has 14 heavy (non-hydrogen) atoms. The first-order valence-electron chi connectivity index (χ1n) is 4.69. The molecule has 76 valence electrons. The molecule has 1 aromatic rings. The van der Waals surface area contributed by atoms with Gasteiger partial charge in [-0.1, -0.05) is 12.2 Å². The maximum absolute atomic E-state index is 11.6. The van der Waals surface area contributed by atoms with Gasteiger partial charge in [0, 0.05) is 6.54 Å². The van der Waals surface area contributed by atoms with E-state index in [2.05, 4.69) is 5.32 Å². The Morgan fingerprint density at radius 3 is 3.00 bits per heavy atom. The van der Waals surface area contributed by atoms with E-state index in [1.54, 1.807) is 0 Å². The number of carbonyl (C=O) groups excluding carboxylic acids is 1. The molecule has 1 amide bonds. The third kappa shape index (κ3) is 3.00. The quantitative estimate of drug-likeness (QED) is 0.599. The van der Waals surface area contributed by atoms with Crippen LogP contribution in [-0.4, -0.2) is 12.5 Å². The number of aryl methyl sites for hydroxylation is 1. The van der Waals surface area contributed by atoms with Crippen molar-refractivity contribution in [3.05, 3.63) is 34.0 Å². The van der Waals surface area contributed by atoms with Crippen LogP contribution in [0, 0.1) is 6.92 Å². The lowest BCUT2D eigenvalue weighted by molar-refractivity contribution is 0.0958. The number of allylic oxidation sites excluding steroid dienone is 1. The topological polar surface area (TPSA) is 29.1 Å². The summed E-state index contributed by atoms with van der Waals surface area (Å²) in [6.07, 6.45) is 4.93. The van der Waals surface area contributed by atoms with Gasteiger partial charge in [-0.2, -0.15) is 0 Å². The summed E-state index contributed by atoms with van der Waals surface area (Å²) in [5, 5.41) is 4.82. The molecule has 1 N–H and O–H groups in total. The van der Waals surface area contributed by atoms with Crippen molar-refractivity contribution in [1.29, 1.82) is 0 Å². The Kier molecular flexibility index (Phi) is 4.40. The Hall–Kier alpha value is -1.09. The highest BCUT2D eigenvalue weighted by atomic mass is 32.1. The largest absolute Gasteiger partial charge is 0.351 e. The maximum atomic E-state index is 11.6. The Morgan fingerprint density at radius 2 is 2.43 bits per heavy atom. The number of carbonyl (C=O) groups is 1. The number of thiophene rings is 1. The van der Waals surface area contributed by atoms with Crippen molar-refractivity contribution in [2.24, 2.45) is 0 Å². The lowest BCUT2D eigenvalue weighted by Crippen LogP contribution is -2.23. The van der Waals surface area contributed by atoms with Gasteiger partial charge in [-0.15, -0.1) is 11.3 Å². The SMILES string of the molecule is C/C=C/CCNC(=O)c1sccc1C. The van der Waals surface area contributed by atoms with E-state index in [0.29, 0.717) is 6.54 Å². The molecule has 0 aliphatic heterocycles. The first-order chi connectivity index (χ1) is 6.75. The van der Waals surface area contributed by atoms with Gasteiger partial charge in [0.05, 0.1) is 4.88 Å². The molecule has 1 aromatic heterocycles. The lowest BCUT2D eigenvalue weighted by Gasteiger charge is -2.01. The van der Waals surface area contributed by atoms with Gasteiger partial charge in [-0.05, 0) is 37.3 Å². The zero-order chi connectivity index (χ0) is 10.4. The van der Waals surface area contributed by atoms with Crippen LogP contribution >= 0.6 is 11.3 Å². The van der Waals surface area contributed by atoms with Gasteiger partial charge >= 0.3 is 0 Å². The van der Waals surface area contributed by atoms with Crippen LogP contribution in [-0.2, 0) is 0 Å². The van der Waals surface area contributed by atoms with Gasteiger partial charge in [0.25, 0.3) is 5.91 Å². The molecule has 0 spiro atoms. The lowest BCUT2D eigenvalue weighted by atomic mass is 10.3. The second-order valence-corrected chi connectivity index (χ2v) is 3.96. The van der Waals surface area contributed by atoms with Crippen LogP contribution in [0.3, 0.4) is 0 Å². The summed E-state index contributed by atoms with van der Waals surface area (Å²) < 4.78 is 0. The van der Waals surface area contributed by atoms with E-state index >= 15 is 0 Å². The van der Waals surface area contributed by atoms with E-state index in [-0.39, 0.29) is 5.91 Å². The summed E-state index contributed by atoms with van der Waals surface area (Å²) in [5.74, 6) is 0.0435. The van der Waals surface area contributed by atoms with Gasteiger partial charge in [0.15, 0.2) is 0 Å². The minimum absolute atomic E-state index is 0.0435. The zero-order valence-corrected chi connectivity index (χ0v) is 9.36. The van der Waals surface area contributed by atoms with Crippen LogP contribution in [0.15, 0.2) is 23.6 Å². The highest BCUT2D eigenvalue weighted by molar-refractivity contribution is 7.12. The maximum Gasteiger partial charge on any atom is 0.261 e. The van der Waals surface area contributed by atoms with Gasteiger partial charge in [0.1, 0.15) is 0 Å². The second kappa shape index (κ2) is 5.60. The van der Waals surface area contributed by atoms with Gasteiger partial charge in [0.2, 0.25) is 0 Å². The Bertz CT molecular complexity index is 328. The van der Waals surface area contributed by atoms with Crippen molar-refractivity contribution in [1.82, 2.24) is 5.32 Å². The molecule has 1 heterocycles. The summed E-state index contributed by atoms with van der Waals surface area (Å²) >= 11 is 1.49. The van der Waals surface area contributed by atoms with Crippen molar-refractivity contribution in [2.45, 2.75) is 20.3 Å². The number of amides is 1. The van der Waals surface area contributed by atoms with Crippen molar-refractivity contribution in [3.8, 4) is 0 Å². The van der Waals surface area contributed by atoms with Gasteiger partial charge < -0.3 is 5.32 Å². The predicted octanol–water partition coefficient (Wildman–Crippen LogP) is 2.75. The molecule has 0 bridgehead atoms. The predicted molar refractivity (Wildman–Crippen MR) is 60.8 cm³/mol.